The van der Waals surface area contributed by atoms with Gasteiger partial charge in [0.15, 0.2) is 6.10 Å². The van der Waals surface area contributed by atoms with E-state index in [1.165, 1.54) is 7.11 Å². The number of benzene rings is 3. The standard InChI is InChI=1S/C27H27NO7S/c1-34-25(27(30)31)19-21-10-14-23(15-11-21)28(26(29)22-8-4-3-5-9-22)18-6-7-20-12-16-24(17-13-20)35-36(2,32)33/h3-17,25H,18-19H2,1-2H3,(H,30,31)/b7-6+. The average Bonchev–Trinajstić information content (AvgIpc) is 2.86. The largest absolute Gasteiger partial charge is 0.479 e. The third-order valence-electron chi connectivity index (χ3n) is 5.22. The molecular formula is C27H27NO7S. The van der Waals surface area contributed by atoms with Crippen molar-refractivity contribution < 1.29 is 32.0 Å². The van der Waals surface area contributed by atoms with Crippen LogP contribution in [0, 0.1) is 0 Å². The highest BCUT2D eigenvalue weighted by atomic mass is 32.2. The summed E-state index contributed by atoms with van der Waals surface area (Å²) in [6.45, 7) is 0.268. The normalized spacial score (nSPS) is 12.3. The predicted molar refractivity (Wildman–Crippen MR) is 138 cm³/mol. The highest BCUT2D eigenvalue weighted by Crippen LogP contribution is 2.20. The second-order valence-corrected chi connectivity index (χ2v) is 9.55. The first kappa shape index (κ1) is 26.7. The molecule has 3 rings (SSSR count). The van der Waals surface area contributed by atoms with Crippen LogP contribution in [0.2, 0.25) is 0 Å². The fraction of sp³-hybridized carbons (Fsp3) is 0.185. The molecule has 0 radical (unpaired) electrons. The molecule has 36 heavy (non-hydrogen) atoms. The number of carbonyl (C=O) groups excluding carboxylic acids is 1. The zero-order valence-corrected chi connectivity index (χ0v) is 20.7. The van der Waals surface area contributed by atoms with Crippen molar-refractivity contribution in [3.63, 3.8) is 0 Å². The summed E-state index contributed by atoms with van der Waals surface area (Å²) in [5, 5.41) is 9.21. The van der Waals surface area contributed by atoms with E-state index in [9.17, 15) is 23.1 Å². The Morgan fingerprint density at radius 2 is 1.61 bits per heavy atom. The van der Waals surface area contributed by atoms with Gasteiger partial charge in [0.2, 0.25) is 0 Å². The fourth-order valence-electron chi connectivity index (χ4n) is 3.44. The molecule has 0 heterocycles. The van der Waals surface area contributed by atoms with Crippen molar-refractivity contribution in [1.29, 1.82) is 0 Å². The maximum absolute atomic E-state index is 13.3. The van der Waals surface area contributed by atoms with E-state index in [-0.39, 0.29) is 24.6 Å². The van der Waals surface area contributed by atoms with E-state index in [2.05, 4.69) is 0 Å². The number of amides is 1. The van der Waals surface area contributed by atoms with Crippen LogP contribution in [0.5, 0.6) is 5.75 Å². The predicted octanol–water partition coefficient (Wildman–Crippen LogP) is 4.03. The Morgan fingerprint density at radius 3 is 2.17 bits per heavy atom. The Labute approximate surface area is 210 Å². The van der Waals surface area contributed by atoms with Crippen LogP contribution in [0.25, 0.3) is 6.08 Å². The topological polar surface area (TPSA) is 110 Å². The molecule has 0 aliphatic rings. The van der Waals surface area contributed by atoms with Crippen molar-refractivity contribution in [1.82, 2.24) is 0 Å². The molecule has 3 aromatic rings. The quantitative estimate of drug-likeness (QED) is 0.389. The van der Waals surface area contributed by atoms with Gasteiger partial charge < -0.3 is 18.9 Å². The van der Waals surface area contributed by atoms with Gasteiger partial charge in [0.1, 0.15) is 5.75 Å². The van der Waals surface area contributed by atoms with Gasteiger partial charge in [-0.2, -0.15) is 8.42 Å². The maximum Gasteiger partial charge on any atom is 0.333 e. The van der Waals surface area contributed by atoms with Crippen LogP contribution in [0.3, 0.4) is 0 Å². The third-order valence-corrected chi connectivity index (χ3v) is 5.72. The van der Waals surface area contributed by atoms with E-state index >= 15 is 0 Å². The van der Waals surface area contributed by atoms with Gasteiger partial charge in [-0.15, -0.1) is 0 Å². The van der Waals surface area contributed by atoms with Gasteiger partial charge in [-0.1, -0.05) is 54.6 Å². The van der Waals surface area contributed by atoms with Crippen LogP contribution in [0.1, 0.15) is 21.5 Å². The molecule has 1 N–H and O–H groups in total. The van der Waals surface area contributed by atoms with E-state index in [4.69, 9.17) is 8.92 Å². The molecular weight excluding hydrogens is 482 g/mol. The lowest BCUT2D eigenvalue weighted by molar-refractivity contribution is -0.148. The number of nitrogens with zero attached hydrogens (tertiary/aromatic N) is 1. The Kier molecular flexibility index (Phi) is 8.99. The molecule has 0 bridgehead atoms. The minimum atomic E-state index is -3.60. The van der Waals surface area contributed by atoms with E-state index in [1.54, 1.807) is 77.7 Å². The molecule has 0 aliphatic carbocycles. The highest BCUT2D eigenvalue weighted by molar-refractivity contribution is 7.86. The number of aliphatic carboxylic acids is 1. The molecule has 9 heteroatoms. The molecule has 1 amide bonds. The molecule has 0 saturated heterocycles. The number of carboxylic acid groups (broad SMARTS) is 1. The van der Waals surface area contributed by atoms with Gasteiger partial charge in [-0.25, -0.2) is 4.79 Å². The maximum atomic E-state index is 13.3. The summed E-state index contributed by atoms with van der Waals surface area (Å²) in [6, 6.07) is 22.5. The molecule has 3 aromatic carbocycles. The van der Waals surface area contributed by atoms with Crippen molar-refractivity contribution in [2.24, 2.45) is 0 Å². The highest BCUT2D eigenvalue weighted by Gasteiger charge is 2.19. The number of methoxy groups -OCH3 is 1. The van der Waals surface area contributed by atoms with Crippen LogP contribution in [0.15, 0.2) is 84.9 Å². The monoisotopic (exact) mass is 509 g/mol. The Balaban J connectivity index is 1.79. The summed E-state index contributed by atoms with van der Waals surface area (Å²) < 4.78 is 32.4. The Bertz CT molecular complexity index is 1300. The second-order valence-electron chi connectivity index (χ2n) is 7.97. The first-order valence-corrected chi connectivity index (χ1v) is 12.9. The molecule has 0 saturated carbocycles. The average molecular weight is 510 g/mol. The number of rotatable bonds is 11. The van der Waals surface area contributed by atoms with Crippen LogP contribution in [0.4, 0.5) is 5.69 Å². The van der Waals surface area contributed by atoms with Gasteiger partial charge in [0.25, 0.3) is 5.91 Å². The van der Waals surface area contributed by atoms with Crippen molar-refractivity contribution in [3.05, 3.63) is 102 Å². The first-order valence-electron chi connectivity index (χ1n) is 11.0. The Morgan fingerprint density at radius 1 is 0.972 bits per heavy atom. The molecule has 8 nitrogen and oxygen atoms in total. The van der Waals surface area contributed by atoms with E-state index in [0.29, 0.717) is 11.3 Å². The van der Waals surface area contributed by atoms with Gasteiger partial charge in [0.05, 0.1) is 6.26 Å². The van der Waals surface area contributed by atoms with E-state index in [1.807, 2.05) is 18.2 Å². The van der Waals surface area contributed by atoms with Crippen LogP contribution < -0.4 is 9.08 Å². The van der Waals surface area contributed by atoms with Gasteiger partial charge in [-0.3, -0.25) is 4.79 Å². The molecule has 0 spiro atoms. The summed E-state index contributed by atoms with van der Waals surface area (Å²) in [5.74, 6) is -1.01. The molecule has 188 valence electrons. The lowest BCUT2D eigenvalue weighted by Gasteiger charge is -2.22. The van der Waals surface area contributed by atoms with Crippen LogP contribution >= 0.6 is 0 Å². The summed E-state index contributed by atoms with van der Waals surface area (Å²) in [7, 11) is -2.25. The third kappa shape index (κ3) is 7.79. The summed E-state index contributed by atoms with van der Waals surface area (Å²) >= 11 is 0. The number of hydrogen-bond acceptors (Lipinski definition) is 6. The number of anilines is 1. The zero-order valence-electron chi connectivity index (χ0n) is 19.9. The number of carboxylic acids is 1. The minimum Gasteiger partial charge on any atom is -0.479 e. The Hall–Kier alpha value is -3.95. The number of ether oxygens (including phenoxy) is 1. The zero-order chi connectivity index (χ0) is 26.1. The molecule has 0 aromatic heterocycles. The van der Waals surface area contributed by atoms with Crippen LogP contribution in [-0.2, 0) is 26.1 Å². The van der Waals surface area contributed by atoms with Crippen molar-refractivity contribution in [2.75, 3.05) is 24.8 Å². The molecule has 1 atom stereocenters. The molecule has 1 unspecified atom stereocenters. The first-order chi connectivity index (χ1) is 17.2. The summed E-state index contributed by atoms with van der Waals surface area (Å²) in [6.07, 6.45) is 3.88. The fourth-order valence-corrected chi connectivity index (χ4v) is 3.90. The van der Waals surface area contributed by atoms with Crippen molar-refractivity contribution >= 4 is 33.8 Å². The van der Waals surface area contributed by atoms with Gasteiger partial charge in [0, 0.05) is 31.3 Å². The lowest BCUT2D eigenvalue weighted by atomic mass is 10.1. The smallest absolute Gasteiger partial charge is 0.333 e. The molecule has 0 fully saturated rings. The summed E-state index contributed by atoms with van der Waals surface area (Å²) in [5.41, 5.74) is 2.76. The van der Waals surface area contributed by atoms with E-state index in [0.717, 1.165) is 17.4 Å². The number of hydrogen-bond donors (Lipinski definition) is 1. The van der Waals surface area contributed by atoms with Crippen LogP contribution in [-0.4, -0.2) is 51.4 Å². The van der Waals surface area contributed by atoms with E-state index < -0.39 is 22.2 Å². The minimum absolute atomic E-state index is 0.190. The number of carbonyl (C=O) groups is 2. The van der Waals surface area contributed by atoms with Crippen molar-refractivity contribution in [2.45, 2.75) is 12.5 Å². The second kappa shape index (κ2) is 12.1. The molecule has 0 aliphatic heterocycles. The SMILES string of the molecule is COC(Cc1ccc(N(C/C=C/c2ccc(OS(C)(=O)=O)cc2)C(=O)c2ccccc2)cc1)C(=O)O. The van der Waals surface area contributed by atoms with Crippen molar-refractivity contribution in [3.8, 4) is 5.75 Å². The summed E-state index contributed by atoms with van der Waals surface area (Å²) in [4.78, 5) is 26.1. The van der Waals surface area contributed by atoms with Gasteiger partial charge >= 0.3 is 16.1 Å². The van der Waals surface area contributed by atoms with Gasteiger partial charge in [-0.05, 0) is 47.5 Å². The lowest BCUT2D eigenvalue weighted by Crippen LogP contribution is -2.31.